The lowest BCUT2D eigenvalue weighted by molar-refractivity contribution is -0.885. The normalized spacial score (nSPS) is 12.0. The Bertz CT molecular complexity index is 675. The number of hydrogen-bond acceptors (Lipinski definition) is 1. The van der Waals surface area contributed by atoms with Crippen molar-refractivity contribution in [2.45, 2.75) is 13.5 Å². The first-order chi connectivity index (χ1) is 10.4. The smallest absolute Gasteiger partial charge is 0.279 e. The first-order valence-electron chi connectivity index (χ1n) is 7.06. The third kappa shape index (κ3) is 4.83. The lowest BCUT2D eigenvalue weighted by atomic mass is 10.2. The van der Waals surface area contributed by atoms with Crippen LogP contribution in [0.5, 0.6) is 0 Å². The van der Waals surface area contributed by atoms with Crippen molar-refractivity contribution < 1.29 is 14.1 Å². The van der Waals surface area contributed by atoms with Gasteiger partial charge in [-0.1, -0.05) is 29.8 Å². The van der Waals surface area contributed by atoms with E-state index < -0.39 is 0 Å². The van der Waals surface area contributed by atoms with Crippen LogP contribution in [0.1, 0.15) is 11.1 Å². The van der Waals surface area contributed by atoms with E-state index in [1.807, 2.05) is 26.1 Å². The van der Waals surface area contributed by atoms with Crippen LogP contribution in [0, 0.1) is 12.7 Å². The van der Waals surface area contributed by atoms with Crippen molar-refractivity contribution in [1.82, 2.24) is 0 Å². The molecule has 1 unspecified atom stereocenters. The fourth-order valence-electron chi connectivity index (χ4n) is 2.25. The molecule has 0 bridgehead atoms. The summed E-state index contributed by atoms with van der Waals surface area (Å²) in [6, 6.07) is 11.9. The summed E-state index contributed by atoms with van der Waals surface area (Å²) in [7, 11) is 1.89. The number of carbonyl (C=O) groups excluding carboxylic acids is 1. The minimum Gasteiger partial charge on any atom is -0.326 e. The number of aryl methyl sites for hydroxylation is 1. The number of amides is 1. The zero-order valence-electron chi connectivity index (χ0n) is 12.6. The number of carbonyl (C=O) groups is 1. The SMILES string of the molecule is Cc1ccc(NC(=O)C[NH+](C)Cc2cccc(F)c2)c(Cl)c1. The molecular formula is C17H19ClFN2O+. The van der Waals surface area contributed by atoms with Gasteiger partial charge in [-0.05, 0) is 36.8 Å². The maximum atomic E-state index is 13.1. The highest BCUT2D eigenvalue weighted by Crippen LogP contribution is 2.22. The summed E-state index contributed by atoms with van der Waals surface area (Å²) in [6.45, 7) is 2.79. The van der Waals surface area contributed by atoms with Crippen LogP contribution in [0.15, 0.2) is 42.5 Å². The molecule has 1 amide bonds. The minimum atomic E-state index is -0.263. The van der Waals surface area contributed by atoms with Gasteiger partial charge in [0, 0.05) is 5.56 Å². The van der Waals surface area contributed by atoms with E-state index in [2.05, 4.69) is 5.32 Å². The molecule has 3 nitrogen and oxygen atoms in total. The van der Waals surface area contributed by atoms with Gasteiger partial charge in [0.05, 0.1) is 17.8 Å². The molecule has 2 rings (SSSR count). The standard InChI is InChI=1S/C17H18ClFN2O/c1-12-6-7-16(15(18)8-12)20-17(22)11-21(2)10-13-4-3-5-14(19)9-13/h3-9H,10-11H2,1-2H3,(H,20,22)/p+1. The van der Waals surface area contributed by atoms with Gasteiger partial charge < -0.3 is 10.2 Å². The Balaban J connectivity index is 1.91. The van der Waals surface area contributed by atoms with Crippen LogP contribution in [0.3, 0.4) is 0 Å². The van der Waals surface area contributed by atoms with Crippen LogP contribution < -0.4 is 10.2 Å². The fraction of sp³-hybridized carbons (Fsp3) is 0.235. The van der Waals surface area contributed by atoms with Gasteiger partial charge in [-0.2, -0.15) is 0 Å². The van der Waals surface area contributed by atoms with E-state index >= 15 is 0 Å². The third-order valence-electron chi connectivity index (χ3n) is 3.26. The summed E-state index contributed by atoms with van der Waals surface area (Å²) >= 11 is 6.09. The van der Waals surface area contributed by atoms with Crippen molar-refractivity contribution in [3.8, 4) is 0 Å². The van der Waals surface area contributed by atoms with E-state index in [1.165, 1.54) is 12.1 Å². The summed E-state index contributed by atoms with van der Waals surface area (Å²) < 4.78 is 13.1. The van der Waals surface area contributed by atoms with E-state index in [9.17, 15) is 9.18 Å². The molecule has 2 aromatic carbocycles. The highest BCUT2D eigenvalue weighted by atomic mass is 35.5. The largest absolute Gasteiger partial charge is 0.326 e. The number of nitrogens with one attached hydrogen (secondary N) is 2. The zero-order valence-corrected chi connectivity index (χ0v) is 13.4. The molecule has 0 heterocycles. The van der Waals surface area contributed by atoms with E-state index in [1.54, 1.807) is 18.2 Å². The van der Waals surface area contributed by atoms with Gasteiger partial charge in [-0.3, -0.25) is 4.79 Å². The van der Waals surface area contributed by atoms with Gasteiger partial charge >= 0.3 is 0 Å². The molecule has 2 N–H and O–H groups in total. The van der Waals surface area contributed by atoms with Crippen molar-refractivity contribution in [2.75, 3.05) is 18.9 Å². The number of anilines is 1. The average molecular weight is 322 g/mol. The molecule has 1 atom stereocenters. The van der Waals surface area contributed by atoms with E-state index in [4.69, 9.17) is 11.6 Å². The third-order valence-corrected chi connectivity index (χ3v) is 3.57. The Kier molecular flexibility index (Phi) is 5.52. The molecule has 2 aromatic rings. The summed E-state index contributed by atoms with van der Waals surface area (Å²) in [6.07, 6.45) is 0. The van der Waals surface area contributed by atoms with Crippen molar-refractivity contribution in [2.24, 2.45) is 0 Å². The fourth-order valence-corrected chi connectivity index (χ4v) is 2.53. The van der Waals surface area contributed by atoms with Crippen LogP contribution >= 0.6 is 11.6 Å². The van der Waals surface area contributed by atoms with E-state index in [-0.39, 0.29) is 18.3 Å². The maximum absolute atomic E-state index is 13.1. The Morgan fingerprint density at radius 1 is 1.27 bits per heavy atom. The lowest BCUT2D eigenvalue weighted by Crippen LogP contribution is -3.08. The summed E-state index contributed by atoms with van der Waals surface area (Å²) in [5, 5.41) is 3.32. The maximum Gasteiger partial charge on any atom is 0.279 e. The van der Waals surface area contributed by atoms with Gasteiger partial charge in [0.2, 0.25) is 0 Å². The number of halogens is 2. The van der Waals surface area contributed by atoms with E-state index in [0.717, 1.165) is 16.0 Å². The summed E-state index contributed by atoms with van der Waals surface area (Å²) in [5.74, 6) is -0.388. The van der Waals surface area contributed by atoms with Crippen LogP contribution in [0.25, 0.3) is 0 Å². The monoisotopic (exact) mass is 321 g/mol. The van der Waals surface area contributed by atoms with Gasteiger partial charge in [-0.15, -0.1) is 0 Å². The Hall–Kier alpha value is -1.91. The highest BCUT2D eigenvalue weighted by Gasteiger charge is 2.12. The molecule has 0 aliphatic carbocycles. The van der Waals surface area contributed by atoms with Gasteiger partial charge in [0.1, 0.15) is 12.4 Å². The number of rotatable bonds is 5. The van der Waals surface area contributed by atoms with Gasteiger partial charge in [0.15, 0.2) is 6.54 Å². The molecule has 0 spiro atoms. The van der Waals surface area contributed by atoms with Crippen molar-refractivity contribution in [1.29, 1.82) is 0 Å². The molecule has 0 aliphatic rings. The van der Waals surface area contributed by atoms with Crippen LogP contribution in [0.2, 0.25) is 5.02 Å². The molecule has 0 aliphatic heterocycles. The minimum absolute atomic E-state index is 0.125. The van der Waals surface area contributed by atoms with Crippen molar-refractivity contribution in [3.63, 3.8) is 0 Å². The predicted molar refractivity (Wildman–Crippen MR) is 86.7 cm³/mol. The molecule has 5 heteroatoms. The van der Waals surface area contributed by atoms with E-state index in [0.29, 0.717) is 17.3 Å². The van der Waals surface area contributed by atoms with Crippen LogP contribution in [0.4, 0.5) is 10.1 Å². The molecule has 0 saturated carbocycles. The molecule has 22 heavy (non-hydrogen) atoms. The van der Waals surface area contributed by atoms with Gasteiger partial charge in [-0.25, -0.2) is 4.39 Å². The summed E-state index contributed by atoms with van der Waals surface area (Å²) in [4.78, 5) is 13.0. The molecule has 0 radical (unpaired) electrons. The molecule has 0 fully saturated rings. The first-order valence-corrected chi connectivity index (χ1v) is 7.43. The van der Waals surface area contributed by atoms with Crippen LogP contribution in [-0.4, -0.2) is 19.5 Å². The van der Waals surface area contributed by atoms with Crippen LogP contribution in [-0.2, 0) is 11.3 Å². The number of benzene rings is 2. The van der Waals surface area contributed by atoms with Crippen molar-refractivity contribution >= 4 is 23.2 Å². The Morgan fingerprint density at radius 3 is 2.73 bits per heavy atom. The lowest BCUT2D eigenvalue weighted by Gasteiger charge is -2.14. The molecule has 0 aromatic heterocycles. The van der Waals surface area contributed by atoms with Crippen molar-refractivity contribution in [3.05, 3.63) is 64.4 Å². The first kappa shape index (κ1) is 16.5. The van der Waals surface area contributed by atoms with Gasteiger partial charge in [0.25, 0.3) is 5.91 Å². The molecular weight excluding hydrogens is 303 g/mol. The molecule has 0 saturated heterocycles. The Morgan fingerprint density at radius 2 is 2.05 bits per heavy atom. The second kappa shape index (κ2) is 7.38. The number of hydrogen-bond donors (Lipinski definition) is 2. The molecule has 116 valence electrons. The average Bonchev–Trinajstić information content (AvgIpc) is 2.41. The zero-order chi connectivity index (χ0) is 16.1. The second-order valence-corrected chi connectivity index (χ2v) is 5.88. The highest BCUT2D eigenvalue weighted by molar-refractivity contribution is 6.33. The quantitative estimate of drug-likeness (QED) is 0.871. The second-order valence-electron chi connectivity index (χ2n) is 5.47. The number of quaternary nitrogens is 1. The number of likely N-dealkylation sites (N-methyl/N-ethyl adjacent to an activating group) is 1. The Labute approximate surface area is 134 Å². The predicted octanol–water partition coefficient (Wildman–Crippen LogP) is 2.44. The summed E-state index contributed by atoms with van der Waals surface area (Å²) in [5.41, 5.74) is 2.51. The topological polar surface area (TPSA) is 33.5 Å².